The number of aryl methyl sites for hydroxylation is 1. The quantitative estimate of drug-likeness (QED) is 0.809. The van der Waals surface area contributed by atoms with Gasteiger partial charge in [0, 0.05) is 18.0 Å². The zero-order valence-electron chi connectivity index (χ0n) is 10.4. The summed E-state index contributed by atoms with van der Waals surface area (Å²) < 4.78 is 6.98. The highest BCUT2D eigenvalue weighted by Crippen LogP contribution is 2.14. The molecule has 0 unspecified atom stereocenters. The largest absolute Gasteiger partial charge is 0.481 e. The second kappa shape index (κ2) is 6.11. The number of nitrogens with zero attached hydrogens (tertiary/aromatic N) is 4. The van der Waals surface area contributed by atoms with Crippen LogP contribution in [0.1, 0.15) is 17.7 Å². The Bertz CT molecular complexity index is 497. The molecular formula is C12H17N5O. The fourth-order valence-corrected chi connectivity index (χ4v) is 1.72. The Kier molecular flexibility index (Phi) is 4.25. The Balaban J connectivity index is 2.06. The van der Waals surface area contributed by atoms with E-state index in [9.17, 15) is 0 Å². The fourth-order valence-electron chi connectivity index (χ4n) is 1.72. The third-order valence-electron chi connectivity index (χ3n) is 2.60. The van der Waals surface area contributed by atoms with Crippen LogP contribution in [0.4, 0.5) is 0 Å². The summed E-state index contributed by atoms with van der Waals surface area (Å²) in [4.78, 5) is 4.15. The molecule has 0 amide bonds. The molecule has 6 nitrogen and oxygen atoms in total. The van der Waals surface area contributed by atoms with Crippen LogP contribution >= 0.6 is 0 Å². The van der Waals surface area contributed by atoms with Crippen LogP contribution in [0.15, 0.2) is 24.5 Å². The van der Waals surface area contributed by atoms with E-state index in [1.165, 1.54) is 0 Å². The van der Waals surface area contributed by atoms with Crippen molar-refractivity contribution in [2.75, 3.05) is 13.7 Å². The fraction of sp³-hybridized carbons (Fsp3) is 0.417. The summed E-state index contributed by atoms with van der Waals surface area (Å²) in [7, 11) is 1.61. The van der Waals surface area contributed by atoms with Crippen molar-refractivity contribution in [1.82, 2.24) is 20.0 Å². The van der Waals surface area contributed by atoms with Gasteiger partial charge in [-0.25, -0.2) is 9.67 Å². The Labute approximate surface area is 106 Å². The van der Waals surface area contributed by atoms with Crippen molar-refractivity contribution in [3.05, 3.63) is 35.8 Å². The molecule has 0 aliphatic heterocycles. The first-order chi connectivity index (χ1) is 8.83. The van der Waals surface area contributed by atoms with Crippen molar-refractivity contribution in [3.8, 4) is 5.88 Å². The van der Waals surface area contributed by atoms with Crippen LogP contribution in [0.25, 0.3) is 0 Å². The number of hydrogen-bond acceptors (Lipinski definition) is 5. The van der Waals surface area contributed by atoms with Crippen LogP contribution in [0.2, 0.25) is 0 Å². The monoisotopic (exact) mass is 247 g/mol. The number of ether oxygens (including phenoxy) is 1. The van der Waals surface area contributed by atoms with Crippen LogP contribution in [0, 0.1) is 0 Å². The Morgan fingerprint density at radius 1 is 1.44 bits per heavy atom. The number of nitrogens with two attached hydrogens (primary N) is 1. The smallest absolute Gasteiger partial charge is 0.218 e. The van der Waals surface area contributed by atoms with Gasteiger partial charge < -0.3 is 10.5 Å². The maximum Gasteiger partial charge on any atom is 0.218 e. The van der Waals surface area contributed by atoms with Crippen LogP contribution in [0.5, 0.6) is 5.88 Å². The molecule has 0 aromatic carbocycles. The van der Waals surface area contributed by atoms with Crippen LogP contribution in [0.3, 0.4) is 0 Å². The van der Waals surface area contributed by atoms with E-state index in [1.54, 1.807) is 18.0 Å². The zero-order valence-corrected chi connectivity index (χ0v) is 10.4. The molecule has 96 valence electrons. The first kappa shape index (κ1) is 12.5. The van der Waals surface area contributed by atoms with Crippen molar-refractivity contribution in [2.45, 2.75) is 19.4 Å². The van der Waals surface area contributed by atoms with Gasteiger partial charge in [-0.05, 0) is 25.5 Å². The minimum absolute atomic E-state index is 0.604. The molecule has 2 heterocycles. The van der Waals surface area contributed by atoms with Gasteiger partial charge in [-0.1, -0.05) is 11.3 Å². The molecule has 2 rings (SSSR count). The number of rotatable bonds is 6. The lowest BCUT2D eigenvalue weighted by Gasteiger charge is -2.05. The van der Waals surface area contributed by atoms with Crippen LogP contribution in [-0.4, -0.2) is 33.6 Å². The third-order valence-corrected chi connectivity index (χ3v) is 2.60. The van der Waals surface area contributed by atoms with Gasteiger partial charge in [0.2, 0.25) is 5.88 Å². The molecule has 0 aliphatic carbocycles. The number of pyridine rings is 1. The summed E-state index contributed by atoms with van der Waals surface area (Å²) >= 11 is 0. The average Bonchev–Trinajstić information content (AvgIpc) is 2.84. The van der Waals surface area contributed by atoms with E-state index < -0.39 is 0 Å². The lowest BCUT2D eigenvalue weighted by molar-refractivity contribution is 0.390. The normalized spacial score (nSPS) is 10.6. The molecule has 0 aliphatic rings. The molecule has 0 saturated carbocycles. The molecular weight excluding hydrogens is 230 g/mol. The van der Waals surface area contributed by atoms with Crippen molar-refractivity contribution < 1.29 is 4.74 Å². The average molecular weight is 247 g/mol. The third kappa shape index (κ3) is 3.04. The summed E-state index contributed by atoms with van der Waals surface area (Å²) in [5, 5.41) is 8.18. The molecule has 0 atom stereocenters. The highest BCUT2D eigenvalue weighted by molar-refractivity contribution is 5.25. The van der Waals surface area contributed by atoms with Gasteiger partial charge >= 0.3 is 0 Å². The van der Waals surface area contributed by atoms with Crippen molar-refractivity contribution >= 4 is 0 Å². The summed E-state index contributed by atoms with van der Waals surface area (Å²) in [5.41, 5.74) is 7.41. The maximum absolute atomic E-state index is 5.46. The zero-order chi connectivity index (χ0) is 12.8. The Hall–Kier alpha value is -1.95. The summed E-state index contributed by atoms with van der Waals surface area (Å²) in [6, 6.07) is 3.84. The Morgan fingerprint density at radius 2 is 2.33 bits per heavy atom. The maximum atomic E-state index is 5.46. The molecule has 0 fully saturated rings. The van der Waals surface area contributed by atoms with E-state index in [4.69, 9.17) is 10.5 Å². The molecule has 6 heteroatoms. The van der Waals surface area contributed by atoms with E-state index in [1.807, 2.05) is 18.3 Å². The number of hydrogen-bond donors (Lipinski definition) is 1. The predicted molar refractivity (Wildman–Crippen MR) is 67.3 cm³/mol. The second-order valence-corrected chi connectivity index (χ2v) is 3.97. The summed E-state index contributed by atoms with van der Waals surface area (Å²) in [5.74, 6) is 0.622. The summed E-state index contributed by atoms with van der Waals surface area (Å²) in [6.07, 6.45) is 5.42. The van der Waals surface area contributed by atoms with Gasteiger partial charge in [-0.15, -0.1) is 5.10 Å². The number of aromatic nitrogens is 4. The van der Waals surface area contributed by atoms with E-state index in [0.717, 1.165) is 24.1 Å². The Morgan fingerprint density at radius 3 is 3.11 bits per heavy atom. The highest BCUT2D eigenvalue weighted by atomic mass is 16.5. The van der Waals surface area contributed by atoms with Gasteiger partial charge in [0.25, 0.3) is 0 Å². The molecule has 0 bridgehead atoms. The number of methoxy groups -OCH3 is 1. The van der Waals surface area contributed by atoms with Crippen LogP contribution < -0.4 is 10.5 Å². The first-order valence-corrected chi connectivity index (χ1v) is 5.90. The van der Waals surface area contributed by atoms with Gasteiger partial charge in [0.05, 0.1) is 19.3 Å². The van der Waals surface area contributed by atoms with Crippen molar-refractivity contribution in [1.29, 1.82) is 0 Å². The van der Waals surface area contributed by atoms with Gasteiger partial charge in [0.15, 0.2) is 0 Å². The van der Waals surface area contributed by atoms with E-state index in [2.05, 4.69) is 15.3 Å². The topological polar surface area (TPSA) is 78.9 Å². The van der Waals surface area contributed by atoms with Crippen molar-refractivity contribution in [2.24, 2.45) is 5.73 Å². The SMILES string of the molecule is COc1ncccc1Cn1cc(CCCN)nn1. The van der Waals surface area contributed by atoms with Gasteiger partial charge in [-0.2, -0.15) is 0 Å². The lowest BCUT2D eigenvalue weighted by Crippen LogP contribution is -2.03. The van der Waals surface area contributed by atoms with Gasteiger partial charge in [-0.3, -0.25) is 0 Å². The van der Waals surface area contributed by atoms with E-state index in [-0.39, 0.29) is 0 Å². The standard InChI is InChI=1S/C12H17N5O/c1-18-12-10(4-3-7-14-12)8-17-9-11(15-16-17)5-2-6-13/h3-4,7,9H,2,5-6,8,13H2,1H3. The molecule has 2 aromatic heterocycles. The second-order valence-electron chi connectivity index (χ2n) is 3.97. The highest BCUT2D eigenvalue weighted by Gasteiger charge is 2.06. The predicted octanol–water partition coefficient (Wildman–Crippen LogP) is 0.621. The minimum Gasteiger partial charge on any atom is -0.481 e. The van der Waals surface area contributed by atoms with Crippen LogP contribution in [-0.2, 0) is 13.0 Å². The van der Waals surface area contributed by atoms with Gasteiger partial charge in [0.1, 0.15) is 0 Å². The molecule has 0 radical (unpaired) electrons. The minimum atomic E-state index is 0.604. The van der Waals surface area contributed by atoms with E-state index in [0.29, 0.717) is 19.0 Å². The molecule has 0 saturated heterocycles. The molecule has 0 spiro atoms. The summed E-state index contributed by atoms with van der Waals surface area (Å²) in [6.45, 7) is 1.27. The van der Waals surface area contributed by atoms with Crippen molar-refractivity contribution in [3.63, 3.8) is 0 Å². The molecule has 18 heavy (non-hydrogen) atoms. The molecule has 2 N–H and O–H groups in total. The van der Waals surface area contributed by atoms with E-state index >= 15 is 0 Å². The first-order valence-electron chi connectivity index (χ1n) is 5.90. The molecule has 2 aromatic rings. The lowest BCUT2D eigenvalue weighted by atomic mass is 10.2.